The Morgan fingerprint density at radius 3 is 1.90 bits per heavy atom. The van der Waals surface area contributed by atoms with Crippen LogP contribution >= 0.6 is 0 Å². The first-order chi connectivity index (χ1) is 10.3. The Bertz CT molecular complexity index is 716. The van der Waals surface area contributed by atoms with Crippen LogP contribution in [0.4, 0.5) is 0 Å². The van der Waals surface area contributed by atoms with Crippen molar-refractivity contribution in [2.75, 3.05) is 14.2 Å². The van der Waals surface area contributed by atoms with Gasteiger partial charge in [0, 0.05) is 17.2 Å². The van der Waals surface area contributed by atoms with E-state index in [0.717, 1.165) is 11.1 Å². The summed E-state index contributed by atoms with van der Waals surface area (Å²) in [5, 5.41) is 8.16. The van der Waals surface area contributed by atoms with Crippen LogP contribution in [0.1, 0.15) is 0 Å². The first kappa shape index (κ1) is 13.2. The quantitative estimate of drug-likeness (QED) is 0.733. The number of nitrogens with zero attached hydrogens (tertiary/aromatic N) is 2. The topological polar surface area (TPSA) is 57.4 Å². The Morgan fingerprint density at radius 2 is 1.33 bits per heavy atom. The van der Waals surface area contributed by atoms with Gasteiger partial charge in [0.05, 0.1) is 14.2 Å². The molecule has 0 saturated heterocycles. The molecule has 0 unspecified atom stereocenters. The largest absolute Gasteiger partial charge is 0.497 e. The molecule has 0 bridgehead atoms. The highest BCUT2D eigenvalue weighted by molar-refractivity contribution is 5.61. The van der Waals surface area contributed by atoms with Gasteiger partial charge in [-0.25, -0.2) is 0 Å². The van der Waals surface area contributed by atoms with Crippen molar-refractivity contribution in [2.24, 2.45) is 0 Å². The van der Waals surface area contributed by atoms with Gasteiger partial charge in [-0.1, -0.05) is 18.2 Å². The Morgan fingerprint density at radius 1 is 0.762 bits per heavy atom. The molecule has 0 aliphatic rings. The maximum absolute atomic E-state index is 5.72. The normalized spacial score (nSPS) is 10.4. The predicted molar refractivity (Wildman–Crippen MR) is 78.3 cm³/mol. The van der Waals surface area contributed by atoms with E-state index in [-0.39, 0.29) is 0 Å². The number of aromatic nitrogens is 2. The summed E-state index contributed by atoms with van der Waals surface area (Å²) in [4.78, 5) is 0. The summed E-state index contributed by atoms with van der Waals surface area (Å²) in [5.74, 6) is 2.24. The molecule has 0 N–H and O–H groups in total. The number of hydrogen-bond acceptors (Lipinski definition) is 5. The number of methoxy groups -OCH3 is 2. The molecule has 3 rings (SSSR count). The lowest BCUT2D eigenvalue weighted by atomic mass is 10.2. The van der Waals surface area contributed by atoms with Crippen LogP contribution in [0.15, 0.2) is 52.9 Å². The van der Waals surface area contributed by atoms with E-state index < -0.39 is 0 Å². The molecule has 0 aliphatic carbocycles. The van der Waals surface area contributed by atoms with Crippen LogP contribution in [0.25, 0.3) is 22.9 Å². The van der Waals surface area contributed by atoms with Gasteiger partial charge in [0.15, 0.2) is 0 Å². The van der Waals surface area contributed by atoms with E-state index in [4.69, 9.17) is 13.9 Å². The monoisotopic (exact) mass is 282 g/mol. The predicted octanol–water partition coefficient (Wildman–Crippen LogP) is 3.42. The Hall–Kier alpha value is -2.82. The highest BCUT2D eigenvalue weighted by Gasteiger charge is 2.12. The van der Waals surface area contributed by atoms with E-state index in [1.165, 1.54) is 0 Å². The summed E-state index contributed by atoms with van der Waals surface area (Å²) in [7, 11) is 3.20. The minimum absolute atomic E-state index is 0.422. The molecule has 0 radical (unpaired) electrons. The van der Waals surface area contributed by atoms with Gasteiger partial charge in [-0.15, -0.1) is 10.2 Å². The van der Waals surface area contributed by atoms with Crippen LogP contribution in [0.2, 0.25) is 0 Å². The average Bonchev–Trinajstić information content (AvgIpc) is 3.05. The maximum Gasteiger partial charge on any atom is 0.248 e. The van der Waals surface area contributed by atoms with Gasteiger partial charge >= 0.3 is 0 Å². The Balaban J connectivity index is 2.00. The second-order valence-corrected chi connectivity index (χ2v) is 4.38. The molecule has 1 heterocycles. The summed E-state index contributed by atoms with van der Waals surface area (Å²) >= 11 is 0. The molecule has 106 valence electrons. The van der Waals surface area contributed by atoms with Gasteiger partial charge in [0.1, 0.15) is 11.5 Å². The second kappa shape index (κ2) is 5.66. The molecule has 0 spiro atoms. The molecule has 21 heavy (non-hydrogen) atoms. The summed E-state index contributed by atoms with van der Waals surface area (Å²) < 4.78 is 16.2. The van der Waals surface area contributed by atoms with Crippen molar-refractivity contribution in [3.05, 3.63) is 48.5 Å². The fraction of sp³-hybridized carbons (Fsp3) is 0.125. The molecule has 3 aromatic rings. The number of hydrogen-bond donors (Lipinski definition) is 0. The fourth-order valence-electron chi connectivity index (χ4n) is 1.97. The average molecular weight is 282 g/mol. The zero-order valence-electron chi connectivity index (χ0n) is 11.7. The van der Waals surface area contributed by atoms with Crippen LogP contribution in [0.5, 0.6) is 11.5 Å². The lowest BCUT2D eigenvalue weighted by molar-refractivity contribution is 0.394. The Labute approximate surface area is 122 Å². The van der Waals surface area contributed by atoms with Gasteiger partial charge < -0.3 is 13.9 Å². The standard InChI is InChI=1S/C16H14N2O3/c1-19-13-8-12(9-14(10-13)20-2)16-18-17-15(21-16)11-6-4-3-5-7-11/h3-10H,1-2H3. The third-order valence-electron chi connectivity index (χ3n) is 3.04. The summed E-state index contributed by atoms with van der Waals surface area (Å²) in [6.07, 6.45) is 0. The molecular formula is C16H14N2O3. The van der Waals surface area contributed by atoms with Crippen molar-refractivity contribution in [1.29, 1.82) is 0 Å². The Kier molecular flexibility index (Phi) is 3.55. The van der Waals surface area contributed by atoms with Gasteiger partial charge in [-0.2, -0.15) is 0 Å². The van der Waals surface area contributed by atoms with Crippen molar-refractivity contribution in [3.63, 3.8) is 0 Å². The highest BCUT2D eigenvalue weighted by Crippen LogP contribution is 2.30. The van der Waals surface area contributed by atoms with Crippen LogP contribution in [-0.2, 0) is 0 Å². The smallest absolute Gasteiger partial charge is 0.248 e. The van der Waals surface area contributed by atoms with Crippen molar-refractivity contribution in [1.82, 2.24) is 10.2 Å². The van der Waals surface area contributed by atoms with Crippen LogP contribution in [-0.4, -0.2) is 24.4 Å². The van der Waals surface area contributed by atoms with E-state index in [1.807, 2.05) is 42.5 Å². The van der Waals surface area contributed by atoms with Crippen molar-refractivity contribution < 1.29 is 13.9 Å². The number of rotatable bonds is 4. The van der Waals surface area contributed by atoms with Crippen LogP contribution in [0.3, 0.4) is 0 Å². The van der Waals surface area contributed by atoms with Gasteiger partial charge in [0.2, 0.25) is 11.8 Å². The van der Waals surface area contributed by atoms with Crippen LogP contribution < -0.4 is 9.47 Å². The number of benzene rings is 2. The molecule has 0 fully saturated rings. The number of ether oxygens (including phenoxy) is 2. The molecule has 0 saturated carbocycles. The van der Waals surface area contributed by atoms with E-state index in [9.17, 15) is 0 Å². The minimum Gasteiger partial charge on any atom is -0.497 e. The first-order valence-electron chi connectivity index (χ1n) is 6.42. The van der Waals surface area contributed by atoms with Gasteiger partial charge in [0.25, 0.3) is 0 Å². The third kappa shape index (κ3) is 2.72. The fourth-order valence-corrected chi connectivity index (χ4v) is 1.97. The zero-order valence-corrected chi connectivity index (χ0v) is 11.7. The first-order valence-corrected chi connectivity index (χ1v) is 6.42. The summed E-state index contributed by atoms with van der Waals surface area (Å²) in [6, 6.07) is 15.1. The van der Waals surface area contributed by atoms with E-state index in [1.54, 1.807) is 20.3 Å². The lowest BCUT2D eigenvalue weighted by Gasteiger charge is -2.05. The third-order valence-corrected chi connectivity index (χ3v) is 3.04. The molecule has 0 atom stereocenters. The second-order valence-electron chi connectivity index (χ2n) is 4.38. The maximum atomic E-state index is 5.72. The molecule has 0 aliphatic heterocycles. The molecule has 5 nitrogen and oxygen atoms in total. The minimum atomic E-state index is 0.422. The SMILES string of the molecule is COc1cc(OC)cc(-c2nnc(-c3ccccc3)o2)c1. The van der Waals surface area contributed by atoms with Gasteiger partial charge in [-0.3, -0.25) is 0 Å². The molecule has 1 aromatic heterocycles. The zero-order chi connectivity index (χ0) is 14.7. The van der Waals surface area contributed by atoms with Crippen molar-refractivity contribution in [2.45, 2.75) is 0 Å². The van der Waals surface area contributed by atoms with Crippen LogP contribution in [0, 0.1) is 0 Å². The molecule has 2 aromatic carbocycles. The summed E-state index contributed by atoms with van der Waals surface area (Å²) in [5.41, 5.74) is 1.63. The van der Waals surface area contributed by atoms with Crippen molar-refractivity contribution >= 4 is 0 Å². The van der Waals surface area contributed by atoms with Crippen molar-refractivity contribution in [3.8, 4) is 34.4 Å². The lowest BCUT2D eigenvalue weighted by Crippen LogP contribution is -1.88. The molecule has 5 heteroatoms. The summed E-state index contributed by atoms with van der Waals surface area (Å²) in [6.45, 7) is 0. The van der Waals surface area contributed by atoms with Gasteiger partial charge in [-0.05, 0) is 24.3 Å². The highest BCUT2D eigenvalue weighted by atomic mass is 16.5. The van der Waals surface area contributed by atoms with E-state index >= 15 is 0 Å². The molecule has 0 amide bonds. The molecular weight excluding hydrogens is 268 g/mol. The van der Waals surface area contributed by atoms with E-state index in [2.05, 4.69) is 10.2 Å². The van der Waals surface area contributed by atoms with E-state index in [0.29, 0.717) is 23.3 Å².